The summed E-state index contributed by atoms with van der Waals surface area (Å²) in [6.45, 7) is 10.4. The number of primary amides is 1. The Balaban J connectivity index is 2.02. The third-order valence-corrected chi connectivity index (χ3v) is 7.40. The highest BCUT2D eigenvalue weighted by Crippen LogP contribution is 2.32. The van der Waals surface area contributed by atoms with E-state index in [2.05, 4.69) is 31.3 Å². The van der Waals surface area contributed by atoms with Crippen molar-refractivity contribution in [2.75, 3.05) is 19.6 Å². The standard InChI is InChI=1S/C33H43N3O3/c1-5-18-36(19-6-2)33(39)28-17-11-16-27(32(34)38)31(28)29(20-25-13-8-7-9-14-25)30(37)22-35-21-26-15-10-12-23(3)24(26)4/h7-17,29-30,35,37H,5-6,18-22H2,1-4H3,(H2,34,38)/t29-,30+/m1/s1. The molecule has 6 heteroatoms. The Kier molecular flexibility index (Phi) is 11.3. The van der Waals surface area contributed by atoms with E-state index in [1.54, 1.807) is 18.2 Å². The summed E-state index contributed by atoms with van der Waals surface area (Å²) in [5, 5.41) is 15.0. The second-order valence-electron chi connectivity index (χ2n) is 10.3. The van der Waals surface area contributed by atoms with Crippen LogP contribution >= 0.6 is 0 Å². The molecule has 0 aliphatic carbocycles. The minimum absolute atomic E-state index is 0.134. The van der Waals surface area contributed by atoms with Crippen LogP contribution in [0.2, 0.25) is 0 Å². The summed E-state index contributed by atoms with van der Waals surface area (Å²) in [6.07, 6.45) is 1.25. The van der Waals surface area contributed by atoms with Gasteiger partial charge < -0.3 is 21.1 Å². The number of hydrogen-bond acceptors (Lipinski definition) is 4. The number of nitrogens with two attached hydrogens (primary N) is 1. The zero-order chi connectivity index (χ0) is 28.4. The summed E-state index contributed by atoms with van der Waals surface area (Å²) in [6, 6.07) is 21.2. The lowest BCUT2D eigenvalue weighted by molar-refractivity contribution is 0.0751. The monoisotopic (exact) mass is 529 g/mol. The lowest BCUT2D eigenvalue weighted by atomic mass is 9.81. The Morgan fingerprint density at radius 2 is 1.54 bits per heavy atom. The normalized spacial score (nSPS) is 12.6. The number of carbonyl (C=O) groups is 2. The molecule has 39 heavy (non-hydrogen) atoms. The van der Waals surface area contributed by atoms with Crippen LogP contribution in [0.3, 0.4) is 0 Å². The van der Waals surface area contributed by atoms with E-state index in [-0.39, 0.29) is 11.5 Å². The quantitative estimate of drug-likeness (QED) is 0.269. The van der Waals surface area contributed by atoms with Crippen molar-refractivity contribution in [1.29, 1.82) is 0 Å². The number of nitrogens with one attached hydrogen (secondary N) is 1. The Hall–Kier alpha value is -3.48. The first kappa shape index (κ1) is 30.1. The van der Waals surface area contributed by atoms with Crippen LogP contribution in [0, 0.1) is 13.8 Å². The summed E-state index contributed by atoms with van der Waals surface area (Å²) < 4.78 is 0. The molecule has 6 nitrogen and oxygen atoms in total. The summed E-state index contributed by atoms with van der Waals surface area (Å²) in [4.78, 5) is 28.3. The van der Waals surface area contributed by atoms with Crippen molar-refractivity contribution in [3.05, 3.63) is 106 Å². The highest BCUT2D eigenvalue weighted by atomic mass is 16.3. The van der Waals surface area contributed by atoms with Crippen LogP contribution in [-0.2, 0) is 13.0 Å². The van der Waals surface area contributed by atoms with Crippen LogP contribution in [0.4, 0.5) is 0 Å². The van der Waals surface area contributed by atoms with Crippen molar-refractivity contribution < 1.29 is 14.7 Å². The Labute approximate surface area is 233 Å². The van der Waals surface area contributed by atoms with Gasteiger partial charge >= 0.3 is 0 Å². The van der Waals surface area contributed by atoms with E-state index in [1.165, 1.54) is 16.7 Å². The zero-order valence-electron chi connectivity index (χ0n) is 23.7. The topological polar surface area (TPSA) is 95.7 Å². The average molecular weight is 530 g/mol. The molecule has 0 saturated carbocycles. The van der Waals surface area contributed by atoms with Gasteiger partial charge in [0.1, 0.15) is 0 Å². The first-order valence-corrected chi connectivity index (χ1v) is 14.0. The molecule has 0 heterocycles. The first-order chi connectivity index (χ1) is 18.8. The number of aryl methyl sites for hydroxylation is 1. The van der Waals surface area contributed by atoms with Crippen molar-refractivity contribution in [3.63, 3.8) is 0 Å². The maximum Gasteiger partial charge on any atom is 0.254 e. The number of carbonyl (C=O) groups excluding carboxylic acids is 2. The van der Waals surface area contributed by atoms with Gasteiger partial charge in [0.25, 0.3) is 5.91 Å². The summed E-state index contributed by atoms with van der Waals surface area (Å²) in [5.74, 6) is -1.26. The lowest BCUT2D eigenvalue weighted by Crippen LogP contribution is -2.37. The number of amides is 2. The molecule has 3 aromatic rings. The molecule has 0 radical (unpaired) electrons. The molecule has 2 amide bonds. The second-order valence-corrected chi connectivity index (χ2v) is 10.3. The van der Waals surface area contributed by atoms with Crippen molar-refractivity contribution in [2.24, 2.45) is 5.73 Å². The van der Waals surface area contributed by atoms with E-state index in [9.17, 15) is 14.7 Å². The van der Waals surface area contributed by atoms with Crippen molar-refractivity contribution in [1.82, 2.24) is 10.2 Å². The smallest absolute Gasteiger partial charge is 0.254 e. The molecule has 0 aliphatic heterocycles. The lowest BCUT2D eigenvalue weighted by Gasteiger charge is -2.30. The number of benzene rings is 3. The number of aliphatic hydroxyl groups excluding tert-OH is 1. The molecule has 208 valence electrons. The van der Waals surface area contributed by atoms with Gasteiger partial charge in [-0.05, 0) is 73.1 Å². The summed E-state index contributed by atoms with van der Waals surface area (Å²) in [7, 11) is 0. The maximum atomic E-state index is 13.8. The molecule has 0 spiro atoms. The van der Waals surface area contributed by atoms with Crippen LogP contribution < -0.4 is 11.1 Å². The predicted octanol–water partition coefficient (Wildman–Crippen LogP) is 5.14. The van der Waals surface area contributed by atoms with Gasteiger partial charge in [-0.2, -0.15) is 0 Å². The molecular weight excluding hydrogens is 486 g/mol. The second kappa shape index (κ2) is 14.6. The van der Waals surface area contributed by atoms with Crippen LogP contribution in [-0.4, -0.2) is 47.6 Å². The van der Waals surface area contributed by atoms with E-state index < -0.39 is 17.9 Å². The maximum absolute atomic E-state index is 13.8. The molecule has 4 N–H and O–H groups in total. The number of nitrogens with zero attached hydrogens (tertiary/aromatic N) is 1. The Bertz CT molecular complexity index is 1240. The minimum atomic E-state index is -0.867. The molecule has 0 aliphatic rings. The van der Waals surface area contributed by atoms with Gasteiger partial charge in [-0.15, -0.1) is 0 Å². The summed E-state index contributed by atoms with van der Waals surface area (Å²) in [5.41, 5.74) is 11.7. The molecule has 2 atom stereocenters. The van der Waals surface area contributed by atoms with Crippen LogP contribution in [0.25, 0.3) is 0 Å². The van der Waals surface area contributed by atoms with E-state index in [0.29, 0.717) is 43.7 Å². The number of hydrogen-bond donors (Lipinski definition) is 3. The molecule has 0 fully saturated rings. The van der Waals surface area contributed by atoms with Crippen LogP contribution in [0.5, 0.6) is 0 Å². The number of rotatable bonds is 14. The van der Waals surface area contributed by atoms with Gasteiger partial charge in [0.15, 0.2) is 0 Å². The van der Waals surface area contributed by atoms with Gasteiger partial charge in [0.2, 0.25) is 5.91 Å². The number of aliphatic hydroxyl groups is 1. The molecule has 0 saturated heterocycles. The van der Waals surface area contributed by atoms with Crippen LogP contribution in [0.1, 0.15) is 81.1 Å². The highest BCUT2D eigenvalue weighted by molar-refractivity contribution is 6.02. The molecule has 0 unspecified atom stereocenters. The fraction of sp³-hybridized carbons (Fsp3) is 0.394. The van der Waals surface area contributed by atoms with Crippen molar-refractivity contribution in [3.8, 4) is 0 Å². The molecule has 0 aromatic heterocycles. The van der Waals surface area contributed by atoms with E-state index in [1.807, 2.05) is 55.1 Å². The van der Waals surface area contributed by atoms with Crippen LogP contribution in [0.15, 0.2) is 66.7 Å². The van der Waals surface area contributed by atoms with Gasteiger partial charge in [0, 0.05) is 43.2 Å². The zero-order valence-corrected chi connectivity index (χ0v) is 23.7. The third kappa shape index (κ3) is 7.78. The molecule has 0 bridgehead atoms. The fourth-order valence-corrected chi connectivity index (χ4v) is 5.19. The van der Waals surface area contributed by atoms with Gasteiger partial charge in [-0.3, -0.25) is 9.59 Å². The van der Waals surface area contributed by atoms with Gasteiger partial charge in [0.05, 0.1) is 6.10 Å². The Morgan fingerprint density at radius 3 is 2.18 bits per heavy atom. The van der Waals surface area contributed by atoms with E-state index in [0.717, 1.165) is 18.4 Å². The van der Waals surface area contributed by atoms with Crippen molar-refractivity contribution >= 4 is 11.8 Å². The minimum Gasteiger partial charge on any atom is -0.391 e. The first-order valence-electron chi connectivity index (χ1n) is 14.0. The third-order valence-electron chi connectivity index (χ3n) is 7.40. The van der Waals surface area contributed by atoms with Crippen molar-refractivity contribution in [2.45, 2.75) is 65.5 Å². The SMILES string of the molecule is CCCN(CCC)C(=O)c1cccc(C(N)=O)c1[C@H](Cc1ccccc1)[C@@H](O)CNCc1cccc(C)c1C. The highest BCUT2D eigenvalue weighted by Gasteiger charge is 2.31. The summed E-state index contributed by atoms with van der Waals surface area (Å²) >= 11 is 0. The predicted molar refractivity (Wildman–Crippen MR) is 158 cm³/mol. The Morgan fingerprint density at radius 1 is 0.897 bits per heavy atom. The molecular formula is C33H43N3O3. The largest absolute Gasteiger partial charge is 0.391 e. The van der Waals surface area contributed by atoms with E-state index >= 15 is 0 Å². The average Bonchev–Trinajstić information content (AvgIpc) is 2.93. The van der Waals surface area contributed by atoms with Gasteiger partial charge in [-0.25, -0.2) is 0 Å². The molecule has 3 aromatic carbocycles. The van der Waals surface area contributed by atoms with Gasteiger partial charge in [-0.1, -0.05) is 68.4 Å². The van der Waals surface area contributed by atoms with E-state index in [4.69, 9.17) is 5.73 Å². The molecule has 3 rings (SSSR count). The fourth-order valence-electron chi connectivity index (χ4n) is 5.19.